The lowest BCUT2D eigenvalue weighted by Gasteiger charge is -1.98. The van der Waals surface area contributed by atoms with E-state index in [1.54, 1.807) is 11.8 Å². The summed E-state index contributed by atoms with van der Waals surface area (Å²) in [6, 6.07) is 10.2. The van der Waals surface area contributed by atoms with Gasteiger partial charge in [0.2, 0.25) is 5.78 Å². The van der Waals surface area contributed by atoms with Gasteiger partial charge in [0.15, 0.2) is 0 Å². The van der Waals surface area contributed by atoms with Crippen molar-refractivity contribution < 1.29 is 0 Å². The lowest BCUT2D eigenvalue weighted by atomic mass is 10.4. The highest BCUT2D eigenvalue weighted by Crippen LogP contribution is 2.27. The molecule has 2 heterocycles. The molecule has 1 aromatic carbocycles. The highest BCUT2D eigenvalue weighted by Gasteiger charge is 2.13. The molecular formula is C15H15N3S. The second-order valence-electron chi connectivity index (χ2n) is 4.31. The molecule has 0 saturated carbocycles. The summed E-state index contributed by atoms with van der Waals surface area (Å²) < 4.78 is 2.15. The summed E-state index contributed by atoms with van der Waals surface area (Å²) in [5, 5.41) is 1.18. The average molecular weight is 269 g/mol. The Morgan fingerprint density at radius 2 is 2.05 bits per heavy atom. The van der Waals surface area contributed by atoms with Gasteiger partial charge in [-0.2, -0.15) is 0 Å². The van der Waals surface area contributed by atoms with Crippen LogP contribution in [0.1, 0.15) is 12.6 Å². The maximum atomic E-state index is 4.59. The molecule has 19 heavy (non-hydrogen) atoms. The quantitative estimate of drug-likeness (QED) is 0.534. The molecule has 0 saturated heterocycles. The summed E-state index contributed by atoms with van der Waals surface area (Å²) in [4.78, 5) is 9.14. The van der Waals surface area contributed by atoms with E-state index in [0.717, 1.165) is 28.3 Å². The molecule has 4 heteroatoms. The molecule has 0 atom stereocenters. The lowest BCUT2D eigenvalue weighted by molar-refractivity contribution is 1.07. The van der Waals surface area contributed by atoms with Crippen molar-refractivity contribution in [3.63, 3.8) is 0 Å². The summed E-state index contributed by atoms with van der Waals surface area (Å²) in [6.07, 6.45) is 4.23. The number of hydrogen-bond acceptors (Lipinski definition) is 3. The van der Waals surface area contributed by atoms with E-state index in [1.807, 2.05) is 38.1 Å². The minimum atomic E-state index is 0.793. The summed E-state index contributed by atoms with van der Waals surface area (Å²) in [5.41, 5.74) is 3.15. The molecule has 0 aliphatic heterocycles. The molecule has 0 aliphatic carbocycles. The summed E-state index contributed by atoms with van der Waals surface area (Å²) in [6.45, 7) is 4.08. The van der Waals surface area contributed by atoms with Crippen molar-refractivity contribution in [2.24, 2.45) is 0 Å². The van der Waals surface area contributed by atoms with Crippen LogP contribution in [0.4, 0.5) is 0 Å². The van der Waals surface area contributed by atoms with E-state index in [1.165, 1.54) is 5.03 Å². The Morgan fingerprint density at radius 1 is 1.21 bits per heavy atom. The zero-order valence-electron chi connectivity index (χ0n) is 11.0. The number of rotatable bonds is 3. The van der Waals surface area contributed by atoms with E-state index in [4.69, 9.17) is 0 Å². The number of aryl methyl sites for hydroxylation is 1. The molecule has 0 spiro atoms. The van der Waals surface area contributed by atoms with Crippen LogP contribution in [0.25, 0.3) is 16.8 Å². The topological polar surface area (TPSA) is 30.2 Å². The zero-order chi connectivity index (χ0) is 13.2. The number of aromatic nitrogens is 3. The third kappa shape index (κ3) is 2.12. The number of imidazole rings is 2. The number of nitrogens with zero attached hydrogens (tertiary/aromatic N) is 3. The normalized spacial score (nSPS) is 11.9. The monoisotopic (exact) mass is 269 g/mol. The highest BCUT2D eigenvalue weighted by molar-refractivity contribution is 7.99. The first kappa shape index (κ1) is 12.2. The van der Waals surface area contributed by atoms with Gasteiger partial charge in [0.1, 0.15) is 5.03 Å². The van der Waals surface area contributed by atoms with Crippen LogP contribution in [0.5, 0.6) is 0 Å². The Hall–Kier alpha value is -1.81. The van der Waals surface area contributed by atoms with Crippen molar-refractivity contribution in [1.29, 1.82) is 0 Å². The van der Waals surface area contributed by atoms with E-state index in [-0.39, 0.29) is 0 Å². The Morgan fingerprint density at radius 3 is 2.89 bits per heavy atom. The summed E-state index contributed by atoms with van der Waals surface area (Å²) in [7, 11) is 0. The van der Waals surface area contributed by atoms with Gasteiger partial charge in [0.05, 0.1) is 16.7 Å². The van der Waals surface area contributed by atoms with Crippen molar-refractivity contribution in [2.45, 2.75) is 18.9 Å². The van der Waals surface area contributed by atoms with E-state index in [2.05, 4.69) is 32.6 Å². The van der Waals surface area contributed by atoms with Gasteiger partial charge in [-0.25, -0.2) is 9.97 Å². The number of thioether (sulfide) groups is 1. The van der Waals surface area contributed by atoms with Gasteiger partial charge in [-0.1, -0.05) is 30.4 Å². The smallest absolute Gasteiger partial charge is 0.236 e. The Kier molecular flexibility index (Phi) is 3.25. The fourth-order valence-corrected chi connectivity index (χ4v) is 3.11. The van der Waals surface area contributed by atoms with Crippen LogP contribution < -0.4 is 0 Å². The first-order valence-corrected chi connectivity index (χ1v) is 7.27. The number of allylic oxidation sites excluding steroid dienone is 1. The average Bonchev–Trinajstić information content (AvgIpc) is 2.76. The predicted molar refractivity (Wildman–Crippen MR) is 80.8 cm³/mol. The van der Waals surface area contributed by atoms with Crippen LogP contribution in [0, 0.1) is 6.92 Å². The summed E-state index contributed by atoms with van der Waals surface area (Å²) in [5.74, 6) is 1.75. The zero-order valence-corrected chi connectivity index (χ0v) is 11.8. The predicted octanol–water partition coefficient (Wildman–Crippen LogP) is 3.86. The third-order valence-corrected chi connectivity index (χ3v) is 4.10. The minimum Gasteiger partial charge on any atom is -0.269 e. The van der Waals surface area contributed by atoms with Crippen LogP contribution in [0.15, 0.2) is 47.5 Å². The third-order valence-electron chi connectivity index (χ3n) is 2.99. The second-order valence-corrected chi connectivity index (χ2v) is 5.32. The summed E-state index contributed by atoms with van der Waals surface area (Å²) >= 11 is 1.80. The van der Waals surface area contributed by atoms with Gasteiger partial charge in [0.25, 0.3) is 0 Å². The maximum absolute atomic E-state index is 4.59. The lowest BCUT2D eigenvalue weighted by Crippen LogP contribution is -1.85. The van der Waals surface area contributed by atoms with Crippen LogP contribution >= 0.6 is 11.8 Å². The Balaban J connectivity index is 2.22. The van der Waals surface area contributed by atoms with Crippen molar-refractivity contribution in [2.75, 3.05) is 5.75 Å². The van der Waals surface area contributed by atoms with Gasteiger partial charge >= 0.3 is 0 Å². The Bertz CT molecular complexity index is 759. The fraction of sp³-hybridized carbons (Fsp3) is 0.200. The van der Waals surface area contributed by atoms with Gasteiger partial charge in [-0.3, -0.25) is 4.40 Å². The molecule has 0 N–H and O–H groups in total. The molecule has 0 unspecified atom stereocenters. The molecular weight excluding hydrogens is 254 g/mol. The standard InChI is InChI=1S/C15H15N3S/c1-3-4-10-19-14-11(2)16-15-17-12-8-6-5-7-9-13(12)18(14)15/h3-9H,10H2,1-2H3/b4-3+. The van der Waals surface area contributed by atoms with Crippen LogP contribution in [-0.2, 0) is 0 Å². The maximum Gasteiger partial charge on any atom is 0.236 e. The van der Waals surface area contributed by atoms with Crippen LogP contribution in [-0.4, -0.2) is 20.1 Å². The molecule has 0 amide bonds. The number of hydrogen-bond donors (Lipinski definition) is 0. The number of fused-ring (bicyclic) bond motifs is 3. The van der Waals surface area contributed by atoms with Crippen molar-refractivity contribution in [3.8, 4) is 0 Å². The van der Waals surface area contributed by atoms with E-state index in [0.29, 0.717) is 0 Å². The first-order valence-electron chi connectivity index (χ1n) is 6.29. The molecule has 2 aromatic heterocycles. The molecule has 0 radical (unpaired) electrons. The van der Waals surface area contributed by atoms with Gasteiger partial charge in [0, 0.05) is 5.75 Å². The molecule has 0 aliphatic rings. The molecule has 0 bridgehead atoms. The first-order chi connectivity index (χ1) is 9.31. The van der Waals surface area contributed by atoms with E-state index >= 15 is 0 Å². The Labute approximate surface area is 116 Å². The largest absolute Gasteiger partial charge is 0.269 e. The van der Waals surface area contributed by atoms with Crippen LogP contribution in [0.2, 0.25) is 0 Å². The molecule has 96 valence electrons. The van der Waals surface area contributed by atoms with Gasteiger partial charge < -0.3 is 0 Å². The van der Waals surface area contributed by atoms with Crippen molar-refractivity contribution in [1.82, 2.24) is 14.4 Å². The van der Waals surface area contributed by atoms with E-state index < -0.39 is 0 Å². The van der Waals surface area contributed by atoms with Crippen molar-refractivity contribution >= 4 is 28.6 Å². The molecule has 3 nitrogen and oxygen atoms in total. The van der Waals surface area contributed by atoms with Crippen LogP contribution in [0.3, 0.4) is 0 Å². The molecule has 3 rings (SSSR count). The second kappa shape index (κ2) is 5.05. The fourth-order valence-electron chi connectivity index (χ4n) is 2.10. The SMILES string of the molecule is C/C=C/CSc1c(C)nc2nc3cccccc3n12. The minimum absolute atomic E-state index is 0.793. The molecule has 0 fully saturated rings. The van der Waals surface area contributed by atoms with Gasteiger partial charge in [-0.15, -0.1) is 11.8 Å². The molecule has 3 aromatic rings. The highest BCUT2D eigenvalue weighted by atomic mass is 32.2. The van der Waals surface area contributed by atoms with E-state index in [9.17, 15) is 0 Å². The van der Waals surface area contributed by atoms with Crippen molar-refractivity contribution in [3.05, 3.63) is 48.2 Å². The van der Waals surface area contributed by atoms with Gasteiger partial charge in [-0.05, 0) is 26.0 Å².